The summed E-state index contributed by atoms with van der Waals surface area (Å²) in [4.78, 5) is 14.1. The number of hydrogen-bond acceptors (Lipinski definition) is 2. The average molecular weight is 327 g/mol. The molecule has 0 unspecified atom stereocenters. The van der Waals surface area contributed by atoms with Crippen LogP contribution in [0.2, 0.25) is 0 Å². The van der Waals surface area contributed by atoms with Gasteiger partial charge in [-0.2, -0.15) is 0 Å². The molecule has 0 aliphatic heterocycles. The van der Waals surface area contributed by atoms with E-state index >= 15 is 0 Å². The summed E-state index contributed by atoms with van der Waals surface area (Å²) in [5, 5.41) is 0. The van der Waals surface area contributed by atoms with Crippen molar-refractivity contribution >= 4 is 17.7 Å². The molecule has 0 radical (unpaired) electrons. The lowest BCUT2D eigenvalue weighted by atomic mass is 10.1. The maximum atomic E-state index is 13.1. The highest BCUT2D eigenvalue weighted by Gasteiger charge is 2.17. The Kier molecular flexibility index (Phi) is 6.13. The molecule has 0 spiro atoms. The molecule has 126 valence electrons. The molecule has 0 heterocycles. The number of para-hydroxylation sites is 1. The molecule has 2 aromatic carbocycles. The first kappa shape index (κ1) is 17.7. The molecular formula is C20H22FNO2. The summed E-state index contributed by atoms with van der Waals surface area (Å²) in [5.41, 5.74) is 1.62. The Hall–Kier alpha value is -2.62. The van der Waals surface area contributed by atoms with Crippen LogP contribution in [-0.2, 0) is 4.79 Å². The third-order valence-corrected chi connectivity index (χ3v) is 3.62. The van der Waals surface area contributed by atoms with Crippen LogP contribution in [0.1, 0.15) is 19.4 Å². The van der Waals surface area contributed by atoms with Gasteiger partial charge in [0.25, 0.3) is 0 Å². The maximum Gasteiger partial charge on any atom is 0.229 e. The lowest BCUT2D eigenvalue weighted by Crippen LogP contribution is -2.34. The van der Waals surface area contributed by atoms with Crippen molar-refractivity contribution in [3.63, 3.8) is 0 Å². The zero-order chi connectivity index (χ0) is 17.5. The van der Waals surface area contributed by atoms with Gasteiger partial charge in [0.1, 0.15) is 11.6 Å². The van der Waals surface area contributed by atoms with Gasteiger partial charge in [-0.15, -0.1) is 0 Å². The summed E-state index contributed by atoms with van der Waals surface area (Å²) in [5.74, 6) is 0.304. The molecule has 2 rings (SSSR count). The molecule has 0 atom stereocenters. The molecule has 0 saturated carbocycles. The largest absolute Gasteiger partial charge is 0.496 e. The zero-order valence-electron chi connectivity index (χ0n) is 14.2. The fourth-order valence-corrected chi connectivity index (χ4v) is 2.34. The van der Waals surface area contributed by atoms with Gasteiger partial charge >= 0.3 is 0 Å². The van der Waals surface area contributed by atoms with Crippen molar-refractivity contribution < 1.29 is 13.9 Å². The predicted octanol–water partition coefficient (Wildman–Crippen LogP) is 4.54. The van der Waals surface area contributed by atoms with Crippen LogP contribution in [0.5, 0.6) is 5.75 Å². The summed E-state index contributed by atoms with van der Waals surface area (Å²) < 4.78 is 18.4. The topological polar surface area (TPSA) is 29.5 Å². The van der Waals surface area contributed by atoms with E-state index < -0.39 is 0 Å². The normalized spacial score (nSPS) is 11.0. The molecular weight excluding hydrogens is 305 g/mol. The molecule has 1 amide bonds. The van der Waals surface area contributed by atoms with Crippen molar-refractivity contribution in [2.75, 3.05) is 18.6 Å². The fraction of sp³-hybridized carbons (Fsp3) is 0.250. The molecule has 4 heteroatoms. The van der Waals surface area contributed by atoms with E-state index in [1.54, 1.807) is 24.1 Å². The van der Waals surface area contributed by atoms with Crippen LogP contribution in [0.25, 0.3) is 6.08 Å². The maximum absolute atomic E-state index is 13.1. The van der Waals surface area contributed by atoms with E-state index in [0.717, 1.165) is 11.3 Å². The minimum absolute atomic E-state index is 0.00807. The number of anilines is 1. The quantitative estimate of drug-likeness (QED) is 0.780. The monoisotopic (exact) mass is 327 g/mol. The zero-order valence-corrected chi connectivity index (χ0v) is 14.2. The van der Waals surface area contributed by atoms with Crippen molar-refractivity contribution in [1.82, 2.24) is 0 Å². The Morgan fingerprint density at radius 1 is 1.17 bits per heavy atom. The number of rotatable bonds is 6. The first-order chi connectivity index (χ1) is 11.5. The molecule has 0 bridgehead atoms. The number of nitrogens with zero attached hydrogens (tertiary/aromatic N) is 1. The molecule has 0 fully saturated rings. The summed E-state index contributed by atoms with van der Waals surface area (Å²) in [6.07, 6.45) is 3.82. The Bertz CT molecular complexity index is 708. The third-order valence-electron chi connectivity index (χ3n) is 3.62. The van der Waals surface area contributed by atoms with E-state index in [1.807, 2.05) is 50.3 Å². The number of benzene rings is 2. The number of halogens is 1. The van der Waals surface area contributed by atoms with Gasteiger partial charge in [0.2, 0.25) is 5.91 Å². The van der Waals surface area contributed by atoms with Crippen molar-refractivity contribution in [2.45, 2.75) is 13.8 Å². The highest BCUT2D eigenvalue weighted by atomic mass is 19.1. The van der Waals surface area contributed by atoms with E-state index in [0.29, 0.717) is 12.2 Å². The van der Waals surface area contributed by atoms with E-state index in [2.05, 4.69) is 0 Å². The molecule has 2 aromatic rings. The van der Waals surface area contributed by atoms with Gasteiger partial charge in [0.15, 0.2) is 0 Å². The Morgan fingerprint density at radius 2 is 1.83 bits per heavy atom. The number of hydrogen-bond donors (Lipinski definition) is 0. The van der Waals surface area contributed by atoms with Gasteiger partial charge in [0, 0.05) is 23.7 Å². The second-order valence-electron chi connectivity index (χ2n) is 5.72. The van der Waals surface area contributed by atoms with E-state index in [4.69, 9.17) is 4.74 Å². The number of carbonyl (C=O) groups is 1. The summed E-state index contributed by atoms with van der Waals surface area (Å²) in [7, 11) is 1.62. The molecule has 0 N–H and O–H groups in total. The van der Waals surface area contributed by atoms with Gasteiger partial charge in [-0.25, -0.2) is 4.39 Å². The molecule has 3 nitrogen and oxygen atoms in total. The second kappa shape index (κ2) is 8.29. The third kappa shape index (κ3) is 4.44. The van der Waals surface area contributed by atoms with Crippen molar-refractivity contribution in [3.8, 4) is 5.75 Å². The van der Waals surface area contributed by atoms with Gasteiger partial charge in [-0.3, -0.25) is 4.79 Å². The van der Waals surface area contributed by atoms with Gasteiger partial charge in [0.05, 0.1) is 7.11 Å². The van der Waals surface area contributed by atoms with Gasteiger partial charge < -0.3 is 9.64 Å². The number of ether oxygens (including phenoxy) is 1. The van der Waals surface area contributed by atoms with Crippen molar-refractivity contribution in [3.05, 3.63) is 66.0 Å². The predicted molar refractivity (Wildman–Crippen MR) is 95.6 cm³/mol. The number of methoxy groups -OCH3 is 1. The molecule has 0 aliphatic rings. The Morgan fingerprint density at radius 3 is 2.46 bits per heavy atom. The Balaban J connectivity index is 2.21. The molecule has 0 aliphatic carbocycles. The van der Waals surface area contributed by atoms with Crippen LogP contribution in [0.4, 0.5) is 10.1 Å². The van der Waals surface area contributed by atoms with E-state index in [1.165, 1.54) is 12.1 Å². The van der Waals surface area contributed by atoms with Crippen LogP contribution in [0.3, 0.4) is 0 Å². The van der Waals surface area contributed by atoms with Crippen LogP contribution < -0.4 is 9.64 Å². The SMILES string of the molecule is COc1ccccc1/C=C/CN(C(=O)C(C)C)c1ccc(F)cc1. The molecule has 0 saturated heterocycles. The lowest BCUT2D eigenvalue weighted by Gasteiger charge is -2.23. The minimum atomic E-state index is -0.319. The second-order valence-corrected chi connectivity index (χ2v) is 5.72. The summed E-state index contributed by atoms with van der Waals surface area (Å²) in [6, 6.07) is 13.6. The van der Waals surface area contributed by atoms with Crippen LogP contribution in [0, 0.1) is 11.7 Å². The Labute approximate surface area is 142 Å². The standard InChI is InChI=1S/C20H22FNO2/c1-15(2)20(23)22(18-12-10-17(21)11-13-18)14-6-8-16-7-4-5-9-19(16)24-3/h4-13,15H,14H2,1-3H3/b8-6+. The summed E-state index contributed by atoms with van der Waals surface area (Å²) >= 11 is 0. The van der Waals surface area contributed by atoms with Crippen molar-refractivity contribution in [1.29, 1.82) is 0 Å². The van der Waals surface area contributed by atoms with Crippen LogP contribution in [0.15, 0.2) is 54.6 Å². The van der Waals surface area contributed by atoms with E-state index in [-0.39, 0.29) is 17.6 Å². The average Bonchev–Trinajstić information content (AvgIpc) is 2.59. The highest BCUT2D eigenvalue weighted by Crippen LogP contribution is 2.20. The molecule has 0 aromatic heterocycles. The molecule has 24 heavy (non-hydrogen) atoms. The fourth-order valence-electron chi connectivity index (χ4n) is 2.34. The minimum Gasteiger partial charge on any atom is -0.496 e. The van der Waals surface area contributed by atoms with Gasteiger partial charge in [-0.1, -0.05) is 44.2 Å². The highest BCUT2D eigenvalue weighted by molar-refractivity contribution is 5.95. The van der Waals surface area contributed by atoms with Crippen LogP contribution >= 0.6 is 0 Å². The summed E-state index contributed by atoms with van der Waals surface area (Å²) in [6.45, 7) is 4.10. The van der Waals surface area contributed by atoms with Crippen molar-refractivity contribution in [2.24, 2.45) is 5.92 Å². The first-order valence-corrected chi connectivity index (χ1v) is 7.89. The van der Waals surface area contributed by atoms with E-state index in [9.17, 15) is 9.18 Å². The number of amides is 1. The van der Waals surface area contributed by atoms with Gasteiger partial charge in [-0.05, 0) is 30.3 Å². The lowest BCUT2D eigenvalue weighted by molar-refractivity contribution is -0.121. The number of carbonyl (C=O) groups excluding carboxylic acids is 1. The first-order valence-electron chi connectivity index (χ1n) is 7.89. The van der Waals surface area contributed by atoms with Crippen LogP contribution in [-0.4, -0.2) is 19.6 Å². The smallest absolute Gasteiger partial charge is 0.229 e.